The molecule has 1 unspecified atom stereocenters. The number of hydrogen-bond acceptors (Lipinski definition) is 1. The van der Waals surface area contributed by atoms with Gasteiger partial charge < -0.3 is 4.90 Å². The fourth-order valence-electron chi connectivity index (χ4n) is 2.79. The number of nitrogens with zero attached hydrogens (tertiary/aromatic N) is 1. The lowest BCUT2D eigenvalue weighted by Crippen LogP contribution is -2.30. The third kappa shape index (κ3) is 2.56. The molecule has 2 aromatic carbocycles. The first-order valence-electron chi connectivity index (χ1n) is 6.87. The van der Waals surface area contributed by atoms with Gasteiger partial charge in [-0.25, -0.2) is 0 Å². The second kappa shape index (κ2) is 5.68. The minimum atomic E-state index is 0.0908. The van der Waals surface area contributed by atoms with Crippen LogP contribution in [0, 0.1) is 0 Å². The largest absolute Gasteiger partial charge is 0.332 e. The molecule has 3 heteroatoms. The fourth-order valence-corrected chi connectivity index (χ4v) is 2.92. The highest BCUT2D eigenvalue weighted by Crippen LogP contribution is 2.33. The maximum Gasteiger partial charge on any atom is 0.254 e. The summed E-state index contributed by atoms with van der Waals surface area (Å²) in [6.45, 7) is 0.820. The molecule has 0 aliphatic carbocycles. The van der Waals surface area contributed by atoms with Gasteiger partial charge in [-0.05, 0) is 42.7 Å². The van der Waals surface area contributed by atoms with Gasteiger partial charge in [0.05, 0.1) is 6.04 Å². The summed E-state index contributed by atoms with van der Waals surface area (Å²) >= 11 is 5.88. The van der Waals surface area contributed by atoms with Crippen molar-refractivity contribution in [2.75, 3.05) is 6.54 Å². The van der Waals surface area contributed by atoms with E-state index in [1.165, 1.54) is 5.56 Å². The number of likely N-dealkylation sites (tertiary alicyclic amines) is 1. The van der Waals surface area contributed by atoms with E-state index in [1.807, 2.05) is 23.1 Å². The third-order valence-electron chi connectivity index (χ3n) is 3.79. The Hall–Kier alpha value is -1.80. The highest BCUT2D eigenvalue weighted by Gasteiger charge is 2.30. The van der Waals surface area contributed by atoms with E-state index in [-0.39, 0.29) is 11.9 Å². The van der Waals surface area contributed by atoms with Crippen LogP contribution in [0.4, 0.5) is 0 Å². The van der Waals surface area contributed by atoms with Crippen LogP contribution < -0.4 is 0 Å². The number of hydrogen-bond donors (Lipinski definition) is 0. The maximum atomic E-state index is 12.6. The highest BCUT2D eigenvalue weighted by atomic mass is 35.5. The van der Waals surface area contributed by atoms with Gasteiger partial charge in [0.2, 0.25) is 0 Å². The molecule has 1 heterocycles. The molecule has 0 aromatic heterocycles. The Morgan fingerprint density at radius 1 is 1.05 bits per heavy atom. The molecule has 1 fully saturated rings. The van der Waals surface area contributed by atoms with Gasteiger partial charge in [0.25, 0.3) is 5.91 Å². The zero-order valence-electron chi connectivity index (χ0n) is 11.1. The fraction of sp³-hybridized carbons (Fsp3) is 0.235. The molecule has 102 valence electrons. The smallest absolute Gasteiger partial charge is 0.254 e. The second-order valence-corrected chi connectivity index (χ2v) is 5.51. The lowest BCUT2D eigenvalue weighted by Gasteiger charge is -2.25. The van der Waals surface area contributed by atoms with Crippen molar-refractivity contribution in [2.24, 2.45) is 0 Å². The maximum absolute atomic E-state index is 12.6. The van der Waals surface area contributed by atoms with Crippen LogP contribution >= 0.6 is 11.6 Å². The Balaban J connectivity index is 1.85. The summed E-state index contributed by atoms with van der Waals surface area (Å²) in [6, 6.07) is 17.6. The number of benzene rings is 2. The van der Waals surface area contributed by atoms with Crippen LogP contribution in [0.5, 0.6) is 0 Å². The van der Waals surface area contributed by atoms with Crippen molar-refractivity contribution in [3.8, 4) is 0 Å². The summed E-state index contributed by atoms with van der Waals surface area (Å²) in [5.41, 5.74) is 1.92. The van der Waals surface area contributed by atoms with Crippen molar-refractivity contribution in [1.29, 1.82) is 0 Å². The molecule has 0 spiro atoms. The van der Waals surface area contributed by atoms with Crippen LogP contribution in [-0.2, 0) is 0 Å². The van der Waals surface area contributed by atoms with Crippen molar-refractivity contribution in [3.05, 3.63) is 70.7 Å². The monoisotopic (exact) mass is 285 g/mol. The molecule has 0 radical (unpaired) electrons. The van der Waals surface area contributed by atoms with Gasteiger partial charge in [0, 0.05) is 17.1 Å². The minimum absolute atomic E-state index is 0.0908. The van der Waals surface area contributed by atoms with Crippen LogP contribution in [0.1, 0.15) is 34.8 Å². The summed E-state index contributed by atoms with van der Waals surface area (Å²) in [5.74, 6) is 0.0908. The van der Waals surface area contributed by atoms with Crippen molar-refractivity contribution >= 4 is 17.5 Å². The molecule has 0 N–H and O–H groups in total. The molecule has 2 nitrogen and oxygen atoms in total. The van der Waals surface area contributed by atoms with E-state index < -0.39 is 0 Å². The molecule has 20 heavy (non-hydrogen) atoms. The first-order valence-corrected chi connectivity index (χ1v) is 7.25. The molecule has 0 saturated carbocycles. The third-order valence-corrected chi connectivity index (χ3v) is 4.04. The van der Waals surface area contributed by atoms with Crippen LogP contribution in [0.2, 0.25) is 5.02 Å². The van der Waals surface area contributed by atoms with E-state index in [4.69, 9.17) is 11.6 Å². The van der Waals surface area contributed by atoms with E-state index in [1.54, 1.807) is 24.3 Å². The number of carbonyl (C=O) groups excluding carboxylic acids is 1. The molecule has 0 bridgehead atoms. The van der Waals surface area contributed by atoms with Crippen LogP contribution in [-0.4, -0.2) is 17.4 Å². The highest BCUT2D eigenvalue weighted by molar-refractivity contribution is 6.30. The Kier molecular flexibility index (Phi) is 3.75. The van der Waals surface area contributed by atoms with Crippen LogP contribution in [0.15, 0.2) is 54.6 Å². The van der Waals surface area contributed by atoms with Crippen molar-refractivity contribution in [1.82, 2.24) is 4.90 Å². The number of amides is 1. The molecule has 1 amide bonds. The van der Waals surface area contributed by atoms with Gasteiger partial charge in [-0.1, -0.05) is 41.9 Å². The predicted molar refractivity (Wildman–Crippen MR) is 80.9 cm³/mol. The first kappa shape index (κ1) is 13.2. The Morgan fingerprint density at radius 2 is 1.75 bits per heavy atom. The molecule has 3 rings (SSSR count). The number of halogens is 1. The molecule has 1 saturated heterocycles. The second-order valence-electron chi connectivity index (χ2n) is 5.07. The van der Waals surface area contributed by atoms with Crippen molar-refractivity contribution in [2.45, 2.75) is 18.9 Å². The van der Waals surface area contributed by atoms with Gasteiger partial charge in [-0.3, -0.25) is 4.79 Å². The van der Waals surface area contributed by atoms with Gasteiger partial charge in [0.15, 0.2) is 0 Å². The zero-order chi connectivity index (χ0) is 13.9. The van der Waals surface area contributed by atoms with E-state index in [0.29, 0.717) is 10.6 Å². The lowest BCUT2D eigenvalue weighted by molar-refractivity contribution is 0.0735. The normalized spacial score (nSPS) is 18.2. The Bertz CT molecular complexity index is 594. The summed E-state index contributed by atoms with van der Waals surface area (Å²) in [5, 5.41) is 0.655. The molecule has 1 aliphatic heterocycles. The molecular weight excluding hydrogens is 270 g/mol. The Morgan fingerprint density at radius 3 is 2.45 bits per heavy atom. The average Bonchev–Trinajstić information content (AvgIpc) is 2.97. The van der Waals surface area contributed by atoms with Crippen LogP contribution in [0.3, 0.4) is 0 Å². The zero-order valence-corrected chi connectivity index (χ0v) is 11.9. The molecule has 1 atom stereocenters. The molecule has 1 aliphatic rings. The SMILES string of the molecule is O=C(c1ccc(Cl)cc1)N1CCCC1c1ccccc1. The van der Waals surface area contributed by atoms with Crippen molar-refractivity contribution < 1.29 is 4.79 Å². The molecule has 2 aromatic rings. The van der Waals surface area contributed by atoms with E-state index in [2.05, 4.69) is 12.1 Å². The quantitative estimate of drug-likeness (QED) is 0.805. The Labute approximate surface area is 124 Å². The lowest BCUT2D eigenvalue weighted by atomic mass is 10.0. The van der Waals surface area contributed by atoms with Gasteiger partial charge >= 0.3 is 0 Å². The first-order chi connectivity index (χ1) is 9.75. The minimum Gasteiger partial charge on any atom is -0.332 e. The standard InChI is InChI=1S/C17H16ClNO/c18-15-10-8-14(9-11-15)17(20)19-12-4-7-16(19)13-5-2-1-3-6-13/h1-3,5-6,8-11,16H,4,7,12H2. The summed E-state index contributed by atoms with van der Waals surface area (Å²) in [7, 11) is 0. The van der Waals surface area contributed by atoms with Crippen molar-refractivity contribution in [3.63, 3.8) is 0 Å². The van der Waals surface area contributed by atoms with E-state index in [9.17, 15) is 4.79 Å². The molecular formula is C17H16ClNO. The van der Waals surface area contributed by atoms with Crippen LogP contribution in [0.25, 0.3) is 0 Å². The number of rotatable bonds is 2. The predicted octanol–water partition coefficient (Wildman–Crippen LogP) is 4.32. The van der Waals surface area contributed by atoms with Gasteiger partial charge in [0.1, 0.15) is 0 Å². The summed E-state index contributed by atoms with van der Waals surface area (Å²) in [6.07, 6.45) is 2.09. The van der Waals surface area contributed by atoms with Gasteiger partial charge in [-0.2, -0.15) is 0 Å². The van der Waals surface area contributed by atoms with Gasteiger partial charge in [-0.15, -0.1) is 0 Å². The van der Waals surface area contributed by atoms with E-state index >= 15 is 0 Å². The topological polar surface area (TPSA) is 20.3 Å². The van der Waals surface area contributed by atoms with E-state index in [0.717, 1.165) is 19.4 Å². The summed E-state index contributed by atoms with van der Waals surface area (Å²) in [4.78, 5) is 14.6. The number of carbonyl (C=O) groups is 1. The average molecular weight is 286 g/mol. The summed E-state index contributed by atoms with van der Waals surface area (Å²) < 4.78 is 0.